The van der Waals surface area contributed by atoms with Crippen molar-refractivity contribution >= 4 is 13.0 Å². The van der Waals surface area contributed by atoms with Crippen LogP contribution in [0, 0.1) is 0 Å². The molecule has 1 unspecified atom stereocenters. The van der Waals surface area contributed by atoms with Crippen molar-refractivity contribution in [1.82, 2.24) is 0 Å². The van der Waals surface area contributed by atoms with Crippen LogP contribution in [0.15, 0.2) is 4.99 Å². The van der Waals surface area contributed by atoms with E-state index in [-0.39, 0.29) is 6.04 Å². The third kappa shape index (κ3) is 5.77. The van der Waals surface area contributed by atoms with Crippen LogP contribution in [0.1, 0.15) is 39.0 Å². The molecule has 0 aromatic heterocycles. The number of unbranched alkanes of at least 4 members (excludes halogenated alkanes) is 2. The predicted octanol–water partition coefficient (Wildman–Crippen LogP) is 2.22. The summed E-state index contributed by atoms with van der Waals surface area (Å²) < 4.78 is 0. The Morgan fingerprint density at radius 2 is 2.27 bits per heavy atom. The number of carbonyl (C=O) groups excluding carboxylic acids is 1. The molecule has 1 atom stereocenters. The van der Waals surface area contributed by atoms with Gasteiger partial charge in [-0.2, -0.15) is 0 Å². The summed E-state index contributed by atoms with van der Waals surface area (Å²) in [6.07, 6.45) is 6.07. The Labute approximate surface area is 68.7 Å². The van der Waals surface area contributed by atoms with E-state index in [4.69, 9.17) is 0 Å². The van der Waals surface area contributed by atoms with Gasteiger partial charge in [-0.1, -0.05) is 26.2 Å². The van der Waals surface area contributed by atoms with Crippen molar-refractivity contribution in [3.05, 3.63) is 0 Å². The second kappa shape index (κ2) is 7.45. The number of carbonyl (C=O) groups is 1. The van der Waals surface area contributed by atoms with Crippen LogP contribution in [-0.2, 0) is 4.79 Å². The van der Waals surface area contributed by atoms with Gasteiger partial charge in [-0.25, -0.2) is 0 Å². The van der Waals surface area contributed by atoms with Gasteiger partial charge in [-0.3, -0.25) is 4.99 Å². The fraction of sp³-hybridized carbons (Fsp3) is 0.778. The van der Waals surface area contributed by atoms with Gasteiger partial charge in [0.25, 0.3) is 0 Å². The molecular formula is C9H17NO. The minimum Gasteiger partial charge on any atom is -0.303 e. The Morgan fingerprint density at radius 3 is 2.73 bits per heavy atom. The first kappa shape index (κ1) is 10.3. The van der Waals surface area contributed by atoms with Gasteiger partial charge in [0.2, 0.25) is 0 Å². The number of hydrogen-bond donors (Lipinski definition) is 0. The highest BCUT2D eigenvalue weighted by Crippen LogP contribution is 2.07. The molecule has 2 heteroatoms. The molecule has 0 aliphatic rings. The molecule has 0 spiro atoms. The lowest BCUT2D eigenvalue weighted by Crippen LogP contribution is -2.03. The van der Waals surface area contributed by atoms with Crippen molar-refractivity contribution in [2.24, 2.45) is 4.99 Å². The lowest BCUT2D eigenvalue weighted by atomic mass is 10.1. The highest BCUT2D eigenvalue weighted by atomic mass is 16.1. The smallest absolute Gasteiger partial charge is 0.122 e. The van der Waals surface area contributed by atoms with Gasteiger partial charge in [-0.05, 0) is 13.1 Å². The molecular weight excluding hydrogens is 138 g/mol. The summed E-state index contributed by atoms with van der Waals surface area (Å²) in [6, 6.07) is 0.166. The van der Waals surface area contributed by atoms with Crippen molar-refractivity contribution < 1.29 is 4.79 Å². The molecule has 64 valence electrons. The first-order valence-corrected chi connectivity index (χ1v) is 4.24. The highest BCUT2D eigenvalue weighted by Gasteiger charge is 2.02. The number of nitrogens with zero attached hydrogens (tertiary/aromatic N) is 1. The average molecular weight is 155 g/mol. The molecule has 0 rings (SSSR count). The van der Waals surface area contributed by atoms with E-state index in [1.54, 1.807) is 0 Å². The Hall–Kier alpha value is -0.660. The fourth-order valence-corrected chi connectivity index (χ4v) is 1.02. The Kier molecular flexibility index (Phi) is 7.00. The summed E-state index contributed by atoms with van der Waals surface area (Å²) >= 11 is 0. The van der Waals surface area contributed by atoms with Gasteiger partial charge < -0.3 is 4.79 Å². The van der Waals surface area contributed by atoms with E-state index in [0.717, 1.165) is 19.1 Å². The van der Waals surface area contributed by atoms with Gasteiger partial charge in [0.1, 0.15) is 6.29 Å². The van der Waals surface area contributed by atoms with Crippen LogP contribution in [0.5, 0.6) is 0 Å². The van der Waals surface area contributed by atoms with E-state index in [9.17, 15) is 4.79 Å². The lowest BCUT2D eigenvalue weighted by molar-refractivity contribution is -0.108. The molecule has 0 fully saturated rings. The highest BCUT2D eigenvalue weighted by molar-refractivity contribution is 5.50. The molecule has 0 aliphatic carbocycles. The lowest BCUT2D eigenvalue weighted by Gasteiger charge is -2.06. The maximum absolute atomic E-state index is 10.1. The zero-order chi connectivity index (χ0) is 8.53. The summed E-state index contributed by atoms with van der Waals surface area (Å²) in [5, 5.41) is 0. The number of aliphatic imine (C=N–C) groups is 1. The number of hydrogen-bond acceptors (Lipinski definition) is 2. The molecule has 2 nitrogen and oxygen atoms in total. The molecule has 0 aliphatic heterocycles. The molecule has 0 N–H and O–H groups in total. The molecule has 11 heavy (non-hydrogen) atoms. The molecule has 0 amide bonds. The van der Waals surface area contributed by atoms with Crippen molar-refractivity contribution in [2.75, 3.05) is 0 Å². The zero-order valence-corrected chi connectivity index (χ0v) is 7.25. The Morgan fingerprint density at radius 1 is 1.55 bits per heavy atom. The standard InChI is InChI=1S/C9H17NO/c1-3-4-5-6-9(10-2)7-8-11/h8-9H,2-7H2,1H3. The summed E-state index contributed by atoms with van der Waals surface area (Å²) in [5.41, 5.74) is 0. The third-order valence-electron chi connectivity index (χ3n) is 1.77. The van der Waals surface area contributed by atoms with Crippen LogP contribution in [0.3, 0.4) is 0 Å². The Balaban J connectivity index is 3.35. The average Bonchev–Trinajstić information content (AvgIpc) is 2.03. The van der Waals surface area contributed by atoms with Crippen molar-refractivity contribution in [3.63, 3.8) is 0 Å². The minimum atomic E-state index is 0.166. The molecule has 0 saturated carbocycles. The summed E-state index contributed by atoms with van der Waals surface area (Å²) in [5.74, 6) is 0. The van der Waals surface area contributed by atoms with Crippen molar-refractivity contribution in [3.8, 4) is 0 Å². The second-order valence-corrected chi connectivity index (χ2v) is 2.73. The third-order valence-corrected chi connectivity index (χ3v) is 1.77. The minimum absolute atomic E-state index is 0.166. The summed E-state index contributed by atoms with van der Waals surface area (Å²) in [7, 11) is 0. The zero-order valence-electron chi connectivity index (χ0n) is 7.25. The van der Waals surface area contributed by atoms with E-state index in [1.165, 1.54) is 12.8 Å². The molecule has 0 bridgehead atoms. The van der Waals surface area contributed by atoms with Crippen LogP contribution < -0.4 is 0 Å². The van der Waals surface area contributed by atoms with Gasteiger partial charge in [0.05, 0.1) is 6.04 Å². The van der Waals surface area contributed by atoms with Gasteiger partial charge in [-0.15, -0.1) is 0 Å². The van der Waals surface area contributed by atoms with Gasteiger partial charge in [0.15, 0.2) is 0 Å². The normalized spacial score (nSPS) is 12.5. The van der Waals surface area contributed by atoms with Crippen molar-refractivity contribution in [2.45, 2.75) is 45.1 Å². The molecule has 0 heterocycles. The maximum Gasteiger partial charge on any atom is 0.122 e. The molecule has 0 aromatic carbocycles. The molecule has 0 aromatic rings. The second-order valence-electron chi connectivity index (χ2n) is 2.73. The monoisotopic (exact) mass is 155 g/mol. The van der Waals surface area contributed by atoms with Gasteiger partial charge in [0, 0.05) is 6.42 Å². The topological polar surface area (TPSA) is 29.4 Å². The largest absolute Gasteiger partial charge is 0.303 e. The number of rotatable bonds is 7. The summed E-state index contributed by atoms with van der Waals surface area (Å²) in [4.78, 5) is 14.0. The predicted molar refractivity (Wildman–Crippen MR) is 48.2 cm³/mol. The van der Waals surface area contributed by atoms with E-state index < -0.39 is 0 Å². The maximum atomic E-state index is 10.1. The van der Waals surface area contributed by atoms with Gasteiger partial charge >= 0.3 is 0 Å². The fourth-order valence-electron chi connectivity index (χ4n) is 1.02. The van der Waals surface area contributed by atoms with Crippen molar-refractivity contribution in [1.29, 1.82) is 0 Å². The molecule has 0 saturated heterocycles. The van der Waals surface area contributed by atoms with E-state index in [1.807, 2.05) is 0 Å². The SMILES string of the molecule is C=NC(CC=O)CCCCC. The Bertz CT molecular complexity index is 112. The van der Waals surface area contributed by atoms with Crippen LogP contribution in [-0.4, -0.2) is 19.0 Å². The van der Waals surface area contributed by atoms with Crippen LogP contribution >= 0.6 is 0 Å². The van der Waals surface area contributed by atoms with E-state index in [2.05, 4.69) is 18.6 Å². The summed E-state index contributed by atoms with van der Waals surface area (Å²) in [6.45, 7) is 5.61. The van der Waals surface area contributed by atoms with E-state index >= 15 is 0 Å². The first-order valence-electron chi connectivity index (χ1n) is 4.24. The van der Waals surface area contributed by atoms with E-state index in [0.29, 0.717) is 6.42 Å². The van der Waals surface area contributed by atoms with Crippen LogP contribution in [0.4, 0.5) is 0 Å². The quantitative estimate of drug-likeness (QED) is 0.315. The number of aldehydes is 1. The first-order chi connectivity index (χ1) is 5.35. The van der Waals surface area contributed by atoms with Crippen LogP contribution in [0.25, 0.3) is 0 Å². The molecule has 0 radical (unpaired) electrons. The van der Waals surface area contributed by atoms with Crippen LogP contribution in [0.2, 0.25) is 0 Å².